The molecule has 0 N–H and O–H groups in total. The minimum Gasteiger partial charge on any atom is -0.465 e. The van der Waals surface area contributed by atoms with Crippen LogP contribution in [0.25, 0.3) is 0 Å². The number of carbonyl (C=O) groups is 1. The number of hydrogen-bond acceptors (Lipinski definition) is 2. The number of benzene rings is 1. The molecule has 1 rings (SSSR count). The largest absolute Gasteiger partial charge is 0.465 e. The van der Waals surface area contributed by atoms with Gasteiger partial charge in [-0.3, -0.25) is 4.79 Å². The van der Waals surface area contributed by atoms with Crippen molar-refractivity contribution in [3.63, 3.8) is 0 Å². The Labute approximate surface area is 122 Å². The summed E-state index contributed by atoms with van der Waals surface area (Å²) in [6, 6.07) is 3.43. The maximum atomic E-state index is 12.6. The van der Waals surface area contributed by atoms with Crippen LogP contribution in [-0.4, -0.2) is 18.0 Å². The van der Waals surface area contributed by atoms with Crippen LogP contribution in [-0.2, 0) is 22.1 Å². The van der Waals surface area contributed by atoms with Gasteiger partial charge in [-0.05, 0) is 37.1 Å². The summed E-state index contributed by atoms with van der Waals surface area (Å²) in [7, 11) is 0. The van der Waals surface area contributed by atoms with Gasteiger partial charge < -0.3 is 4.74 Å². The van der Waals surface area contributed by atoms with Crippen LogP contribution in [0.1, 0.15) is 18.1 Å². The first kappa shape index (κ1) is 16.3. The smallest absolute Gasteiger partial charge is 0.416 e. The van der Waals surface area contributed by atoms with Gasteiger partial charge in [0.2, 0.25) is 0 Å². The van der Waals surface area contributed by atoms with Crippen molar-refractivity contribution in [3.8, 4) is 0 Å². The third-order valence-electron chi connectivity index (χ3n) is 2.24. The van der Waals surface area contributed by atoms with Gasteiger partial charge in [0.05, 0.1) is 12.2 Å². The minimum absolute atomic E-state index is 0.0249. The Balaban J connectivity index is 2.90. The second-order valence-corrected chi connectivity index (χ2v) is 5.21. The summed E-state index contributed by atoms with van der Waals surface area (Å²) in [6.45, 7) is 1.80. The number of rotatable bonds is 4. The fraction of sp³-hybridized carbons (Fsp3) is 0.417. The van der Waals surface area contributed by atoms with E-state index in [0.29, 0.717) is 5.56 Å². The summed E-state index contributed by atoms with van der Waals surface area (Å²) in [5.41, 5.74) is -0.473. The SMILES string of the molecule is CCOC(=O)C(Cl)Cc1cc(Br)cc(C(F)(F)F)c1. The number of hydrogen-bond donors (Lipinski definition) is 0. The zero-order valence-corrected chi connectivity index (χ0v) is 12.3. The van der Waals surface area contributed by atoms with Crippen LogP contribution in [0, 0.1) is 0 Å². The quantitative estimate of drug-likeness (QED) is 0.595. The average molecular weight is 360 g/mol. The Hall–Kier alpha value is -0.750. The molecular formula is C12H11BrClF3O2. The zero-order chi connectivity index (χ0) is 14.6. The van der Waals surface area contributed by atoms with E-state index in [-0.39, 0.29) is 17.5 Å². The fourth-order valence-corrected chi connectivity index (χ4v) is 2.24. The molecule has 1 aromatic rings. The van der Waals surface area contributed by atoms with Crippen molar-refractivity contribution in [2.75, 3.05) is 6.61 Å². The van der Waals surface area contributed by atoms with E-state index in [9.17, 15) is 18.0 Å². The highest BCUT2D eigenvalue weighted by molar-refractivity contribution is 9.10. The van der Waals surface area contributed by atoms with E-state index in [1.54, 1.807) is 6.92 Å². The summed E-state index contributed by atoms with van der Waals surface area (Å²) in [5.74, 6) is -0.641. The van der Waals surface area contributed by atoms with E-state index in [4.69, 9.17) is 16.3 Å². The van der Waals surface area contributed by atoms with Crippen LogP contribution in [0.5, 0.6) is 0 Å². The van der Waals surface area contributed by atoms with Crippen LogP contribution < -0.4 is 0 Å². The second kappa shape index (κ2) is 6.61. The Kier molecular flexibility index (Phi) is 5.67. The molecule has 106 valence electrons. The number of carbonyl (C=O) groups excluding carboxylic acids is 1. The van der Waals surface area contributed by atoms with E-state index >= 15 is 0 Å². The molecule has 0 bridgehead atoms. The van der Waals surface area contributed by atoms with Gasteiger partial charge in [0.15, 0.2) is 0 Å². The molecule has 0 saturated heterocycles. The lowest BCUT2D eigenvalue weighted by atomic mass is 10.1. The topological polar surface area (TPSA) is 26.3 Å². The molecule has 1 atom stereocenters. The normalized spacial score (nSPS) is 13.2. The highest BCUT2D eigenvalue weighted by Crippen LogP contribution is 2.32. The molecule has 0 saturated carbocycles. The van der Waals surface area contributed by atoms with E-state index in [1.165, 1.54) is 6.07 Å². The molecule has 1 aromatic carbocycles. The van der Waals surface area contributed by atoms with Crippen LogP contribution in [0.3, 0.4) is 0 Å². The van der Waals surface area contributed by atoms with Gasteiger partial charge in [0, 0.05) is 4.47 Å². The second-order valence-electron chi connectivity index (χ2n) is 3.77. The first-order valence-electron chi connectivity index (χ1n) is 5.41. The van der Waals surface area contributed by atoms with Gasteiger partial charge in [0.25, 0.3) is 0 Å². The van der Waals surface area contributed by atoms with Gasteiger partial charge in [-0.1, -0.05) is 15.9 Å². The fourth-order valence-electron chi connectivity index (χ4n) is 1.45. The Morgan fingerprint density at radius 3 is 2.58 bits per heavy atom. The third-order valence-corrected chi connectivity index (χ3v) is 3.03. The van der Waals surface area contributed by atoms with Crippen molar-refractivity contribution in [3.05, 3.63) is 33.8 Å². The molecule has 0 aliphatic carbocycles. The van der Waals surface area contributed by atoms with Crippen molar-refractivity contribution in [1.82, 2.24) is 0 Å². The zero-order valence-electron chi connectivity index (χ0n) is 9.93. The molecule has 0 radical (unpaired) electrons. The predicted molar refractivity (Wildman–Crippen MR) is 69.1 cm³/mol. The van der Waals surface area contributed by atoms with Gasteiger partial charge in [-0.15, -0.1) is 11.6 Å². The van der Waals surface area contributed by atoms with Crippen molar-refractivity contribution < 1.29 is 22.7 Å². The first-order chi connectivity index (χ1) is 8.74. The molecule has 0 aliphatic rings. The lowest BCUT2D eigenvalue weighted by molar-refractivity contribution is -0.142. The summed E-state index contributed by atoms with van der Waals surface area (Å²) in [5, 5.41) is -1.00. The predicted octanol–water partition coefficient (Wildman–Crippen LogP) is 4.18. The van der Waals surface area contributed by atoms with Gasteiger partial charge in [-0.25, -0.2) is 0 Å². The van der Waals surface area contributed by atoms with Gasteiger partial charge in [-0.2, -0.15) is 13.2 Å². The molecule has 19 heavy (non-hydrogen) atoms. The van der Waals surface area contributed by atoms with Crippen LogP contribution in [0.15, 0.2) is 22.7 Å². The molecule has 0 aromatic heterocycles. The number of esters is 1. The van der Waals surface area contributed by atoms with E-state index < -0.39 is 23.1 Å². The molecule has 0 amide bonds. The monoisotopic (exact) mass is 358 g/mol. The average Bonchev–Trinajstić information content (AvgIpc) is 2.27. The van der Waals surface area contributed by atoms with E-state index in [1.807, 2.05) is 0 Å². The lowest BCUT2D eigenvalue weighted by Gasteiger charge is -2.12. The third kappa shape index (κ3) is 5.03. The highest BCUT2D eigenvalue weighted by Gasteiger charge is 2.31. The van der Waals surface area contributed by atoms with Crippen LogP contribution in [0.4, 0.5) is 13.2 Å². The van der Waals surface area contributed by atoms with Gasteiger partial charge in [0.1, 0.15) is 5.38 Å². The number of halogens is 5. The Morgan fingerprint density at radius 2 is 2.05 bits per heavy atom. The molecule has 1 unspecified atom stereocenters. The standard InChI is InChI=1S/C12H11BrClF3O2/c1-2-19-11(18)10(14)5-7-3-8(12(15,16)17)6-9(13)4-7/h3-4,6,10H,2,5H2,1H3. The number of alkyl halides is 4. The minimum atomic E-state index is -4.44. The van der Waals surface area contributed by atoms with Crippen molar-refractivity contribution in [2.45, 2.75) is 24.9 Å². The molecule has 7 heteroatoms. The van der Waals surface area contributed by atoms with Crippen LogP contribution >= 0.6 is 27.5 Å². The van der Waals surface area contributed by atoms with Gasteiger partial charge >= 0.3 is 12.1 Å². The van der Waals surface area contributed by atoms with Crippen molar-refractivity contribution in [2.24, 2.45) is 0 Å². The summed E-state index contributed by atoms with van der Waals surface area (Å²) >= 11 is 8.80. The Bertz CT molecular complexity index is 463. The van der Waals surface area contributed by atoms with E-state index in [0.717, 1.165) is 12.1 Å². The van der Waals surface area contributed by atoms with Crippen molar-refractivity contribution in [1.29, 1.82) is 0 Å². The summed E-state index contributed by atoms with van der Waals surface area (Å²) < 4.78 is 42.8. The molecule has 0 fully saturated rings. The molecular weight excluding hydrogens is 348 g/mol. The number of ether oxygens (including phenoxy) is 1. The maximum absolute atomic E-state index is 12.6. The summed E-state index contributed by atoms with van der Waals surface area (Å²) in [4.78, 5) is 11.3. The Morgan fingerprint density at radius 1 is 1.42 bits per heavy atom. The van der Waals surface area contributed by atoms with Crippen molar-refractivity contribution >= 4 is 33.5 Å². The molecule has 0 spiro atoms. The maximum Gasteiger partial charge on any atom is 0.416 e. The van der Waals surface area contributed by atoms with E-state index in [2.05, 4.69) is 15.9 Å². The first-order valence-corrected chi connectivity index (χ1v) is 6.64. The molecule has 2 nitrogen and oxygen atoms in total. The molecule has 0 heterocycles. The lowest BCUT2D eigenvalue weighted by Crippen LogP contribution is -2.20. The van der Waals surface area contributed by atoms with Crippen LogP contribution in [0.2, 0.25) is 0 Å². The highest BCUT2D eigenvalue weighted by atomic mass is 79.9. The molecule has 0 aliphatic heterocycles. The summed E-state index contributed by atoms with van der Waals surface area (Å²) in [6.07, 6.45) is -4.47.